The number of hydrogen-bond acceptors (Lipinski definition) is 7. The Morgan fingerprint density at radius 3 is 2.81 bits per heavy atom. The van der Waals surface area contributed by atoms with E-state index in [0.29, 0.717) is 29.9 Å². The molecule has 0 aliphatic carbocycles. The smallest absolute Gasteiger partial charge is 0.276 e. The highest BCUT2D eigenvalue weighted by Crippen LogP contribution is 2.42. The van der Waals surface area contributed by atoms with Crippen LogP contribution >= 0.6 is 11.8 Å². The van der Waals surface area contributed by atoms with Crippen molar-refractivity contribution in [3.8, 4) is 5.69 Å². The summed E-state index contributed by atoms with van der Waals surface area (Å²) in [6.45, 7) is 7.09. The first kappa shape index (κ1) is 23.9. The molecule has 5 aromatic rings. The van der Waals surface area contributed by atoms with Gasteiger partial charge in [0.2, 0.25) is 5.89 Å². The summed E-state index contributed by atoms with van der Waals surface area (Å²) in [7, 11) is 0. The van der Waals surface area contributed by atoms with E-state index in [1.807, 2.05) is 24.4 Å². The van der Waals surface area contributed by atoms with E-state index >= 15 is 0 Å². The molecule has 1 N–H and O–H groups in total. The number of nitrogens with zero attached hydrogens (tertiary/aromatic N) is 5. The van der Waals surface area contributed by atoms with E-state index in [2.05, 4.69) is 70.5 Å². The number of thioether (sulfide) groups is 1. The molecule has 0 bridgehead atoms. The number of rotatable bonds is 8. The number of aromatic nitrogens is 6. The number of hydrogen-bond donors (Lipinski definition) is 1. The van der Waals surface area contributed by atoms with Gasteiger partial charge in [0.1, 0.15) is 5.60 Å². The van der Waals surface area contributed by atoms with Crippen molar-refractivity contribution in [2.75, 3.05) is 6.61 Å². The Morgan fingerprint density at radius 2 is 1.97 bits per heavy atom. The second kappa shape index (κ2) is 9.79. The lowest BCUT2D eigenvalue weighted by atomic mass is 9.86. The molecular formula is C28H30N6O2S. The fourth-order valence-electron chi connectivity index (χ4n) is 5.29. The van der Waals surface area contributed by atoms with Gasteiger partial charge in [0, 0.05) is 16.7 Å². The van der Waals surface area contributed by atoms with Gasteiger partial charge in [0.05, 0.1) is 36.3 Å². The molecule has 1 unspecified atom stereocenters. The molecule has 9 heteroatoms. The van der Waals surface area contributed by atoms with E-state index < -0.39 is 5.60 Å². The van der Waals surface area contributed by atoms with Gasteiger partial charge in [-0.15, -0.1) is 15.3 Å². The van der Waals surface area contributed by atoms with Crippen LogP contribution in [0.3, 0.4) is 0 Å². The lowest BCUT2D eigenvalue weighted by Crippen LogP contribution is -2.37. The van der Waals surface area contributed by atoms with Gasteiger partial charge in [0.15, 0.2) is 0 Å². The highest BCUT2D eigenvalue weighted by molar-refractivity contribution is 7.98. The Morgan fingerprint density at radius 1 is 1.08 bits per heavy atom. The first-order valence-corrected chi connectivity index (χ1v) is 13.8. The van der Waals surface area contributed by atoms with Gasteiger partial charge in [-0.2, -0.15) is 0 Å². The summed E-state index contributed by atoms with van der Waals surface area (Å²) in [5.41, 5.74) is 7.55. The van der Waals surface area contributed by atoms with Crippen LogP contribution in [0.25, 0.3) is 16.6 Å². The normalized spacial score (nSPS) is 17.4. The average molecular weight is 515 g/mol. The number of ether oxygens (including phenoxy) is 1. The highest BCUT2D eigenvalue weighted by Gasteiger charge is 2.40. The zero-order valence-electron chi connectivity index (χ0n) is 21.3. The molecule has 8 nitrogen and oxygen atoms in total. The van der Waals surface area contributed by atoms with Gasteiger partial charge in [-0.1, -0.05) is 67.2 Å². The molecular weight excluding hydrogens is 484 g/mol. The molecule has 0 spiro atoms. The minimum atomic E-state index is -0.512. The van der Waals surface area contributed by atoms with E-state index in [4.69, 9.17) is 9.15 Å². The van der Waals surface area contributed by atoms with Gasteiger partial charge < -0.3 is 14.1 Å². The number of fused-ring (bicyclic) bond motifs is 3. The monoisotopic (exact) mass is 514 g/mol. The van der Waals surface area contributed by atoms with Crippen molar-refractivity contribution in [1.82, 2.24) is 30.2 Å². The molecule has 0 radical (unpaired) electrons. The van der Waals surface area contributed by atoms with Crippen LogP contribution in [0.15, 0.2) is 58.3 Å². The fraction of sp³-hybridized carbons (Fsp3) is 0.357. The number of aryl methyl sites for hydroxylation is 2. The highest BCUT2D eigenvalue weighted by atomic mass is 32.2. The summed E-state index contributed by atoms with van der Waals surface area (Å²) < 4.78 is 14.3. The maximum absolute atomic E-state index is 6.45. The van der Waals surface area contributed by atoms with Crippen LogP contribution < -0.4 is 0 Å². The number of benzene rings is 2. The molecule has 2 aromatic carbocycles. The van der Waals surface area contributed by atoms with Gasteiger partial charge in [-0.05, 0) is 48.9 Å². The maximum atomic E-state index is 6.45. The van der Waals surface area contributed by atoms with Crippen LogP contribution in [0, 0.1) is 6.92 Å². The van der Waals surface area contributed by atoms with Crippen molar-refractivity contribution in [3.05, 3.63) is 82.6 Å². The van der Waals surface area contributed by atoms with E-state index in [1.165, 1.54) is 33.8 Å². The number of nitrogens with one attached hydrogen (secondary N) is 1. The number of aromatic amines is 1. The molecule has 3 aromatic heterocycles. The summed E-state index contributed by atoms with van der Waals surface area (Å²) in [5, 5.41) is 19.1. The molecule has 37 heavy (non-hydrogen) atoms. The summed E-state index contributed by atoms with van der Waals surface area (Å²) in [6.07, 6.45) is 5.16. The summed E-state index contributed by atoms with van der Waals surface area (Å²) in [5.74, 6) is 1.17. The Kier molecular flexibility index (Phi) is 6.34. The quantitative estimate of drug-likeness (QED) is 0.265. The van der Waals surface area contributed by atoms with Crippen LogP contribution in [0.1, 0.15) is 54.2 Å². The van der Waals surface area contributed by atoms with Crippen LogP contribution in [0.4, 0.5) is 0 Å². The lowest BCUT2D eigenvalue weighted by molar-refractivity contribution is -0.0696. The summed E-state index contributed by atoms with van der Waals surface area (Å²) >= 11 is 1.47. The van der Waals surface area contributed by atoms with Crippen LogP contribution in [0.2, 0.25) is 0 Å². The first-order valence-electron chi connectivity index (χ1n) is 12.8. The minimum absolute atomic E-state index is 0.512. The maximum Gasteiger partial charge on any atom is 0.276 e. The molecule has 0 saturated heterocycles. The third-order valence-electron chi connectivity index (χ3n) is 7.30. The van der Waals surface area contributed by atoms with E-state index in [1.54, 1.807) is 4.68 Å². The topological polar surface area (TPSA) is 94.7 Å². The van der Waals surface area contributed by atoms with Crippen molar-refractivity contribution in [2.45, 2.75) is 63.0 Å². The second-order valence-corrected chi connectivity index (χ2v) is 10.4. The third-order valence-corrected chi connectivity index (χ3v) is 8.15. The summed E-state index contributed by atoms with van der Waals surface area (Å²) in [6, 6.07) is 14.7. The van der Waals surface area contributed by atoms with Gasteiger partial charge in [-0.25, -0.2) is 4.68 Å². The van der Waals surface area contributed by atoms with E-state index in [-0.39, 0.29) is 0 Å². The largest absolute Gasteiger partial charge is 0.416 e. The van der Waals surface area contributed by atoms with Gasteiger partial charge >= 0.3 is 0 Å². The lowest BCUT2D eigenvalue weighted by Gasteiger charge is -2.35. The second-order valence-electron chi connectivity index (χ2n) is 9.49. The zero-order chi connectivity index (χ0) is 25.4. The molecule has 0 amide bonds. The average Bonchev–Trinajstić information content (AvgIpc) is 3.67. The Bertz CT molecular complexity index is 1550. The standard InChI is InChI=1S/C28H30N6O2S/c1-4-19-10-8-11-21-22-13-14-35-28(5-2,26(22)29-25(19)21)15-24-31-32-27(36-24)37-17-20-16-34(33-30-20)23-12-7-6-9-18(23)3/h6-12,16,29H,4-5,13-15,17H2,1-3H3. The predicted octanol–water partition coefficient (Wildman–Crippen LogP) is 5.72. The minimum Gasteiger partial charge on any atom is -0.416 e. The van der Waals surface area contributed by atoms with Crippen molar-refractivity contribution in [2.24, 2.45) is 0 Å². The van der Waals surface area contributed by atoms with Crippen molar-refractivity contribution < 1.29 is 9.15 Å². The number of para-hydroxylation sites is 2. The van der Waals surface area contributed by atoms with E-state index in [9.17, 15) is 0 Å². The zero-order valence-corrected chi connectivity index (χ0v) is 22.1. The molecule has 0 fully saturated rings. The molecule has 6 rings (SSSR count). The Hall–Kier alpha value is -3.43. The molecule has 0 saturated carbocycles. The third kappa shape index (κ3) is 4.36. The summed E-state index contributed by atoms with van der Waals surface area (Å²) in [4.78, 5) is 3.73. The number of H-pyrrole nitrogens is 1. The molecule has 1 atom stereocenters. The van der Waals surface area contributed by atoms with E-state index in [0.717, 1.165) is 41.9 Å². The van der Waals surface area contributed by atoms with Crippen molar-refractivity contribution in [1.29, 1.82) is 0 Å². The Labute approximate surface area is 219 Å². The van der Waals surface area contributed by atoms with Crippen LogP contribution in [-0.4, -0.2) is 36.8 Å². The molecule has 4 heterocycles. The fourth-order valence-corrected chi connectivity index (χ4v) is 5.95. The first-order chi connectivity index (χ1) is 18.1. The van der Waals surface area contributed by atoms with Gasteiger partial charge in [-0.3, -0.25) is 0 Å². The van der Waals surface area contributed by atoms with Crippen molar-refractivity contribution >= 4 is 22.7 Å². The SMILES string of the molecule is CCc1cccc2c3c([nH]c12)C(CC)(Cc1nnc(SCc2cn(-c4ccccc4C)nn2)o1)OCC3. The van der Waals surface area contributed by atoms with Gasteiger partial charge in [0.25, 0.3) is 5.22 Å². The molecule has 1 aliphatic rings. The predicted molar refractivity (Wildman–Crippen MR) is 143 cm³/mol. The molecule has 1 aliphatic heterocycles. The van der Waals surface area contributed by atoms with Crippen LogP contribution in [-0.2, 0) is 35.4 Å². The van der Waals surface area contributed by atoms with Crippen molar-refractivity contribution in [3.63, 3.8) is 0 Å². The molecule has 190 valence electrons. The van der Waals surface area contributed by atoms with Crippen LogP contribution in [0.5, 0.6) is 0 Å². The Balaban J connectivity index is 1.20.